The number of nitrogens with one attached hydrogen (secondary N) is 1. The fourth-order valence-electron chi connectivity index (χ4n) is 1.22. The molecule has 0 radical (unpaired) electrons. The number of halogens is 3. The Balaban J connectivity index is 2.81. The van der Waals surface area contributed by atoms with Gasteiger partial charge in [0.25, 0.3) is 0 Å². The zero-order chi connectivity index (χ0) is 13.9. The number of carbonyl (C=O) groups excluding carboxylic acids is 1. The molecule has 0 aliphatic heterocycles. The van der Waals surface area contributed by atoms with Crippen LogP contribution >= 0.6 is 0 Å². The van der Waals surface area contributed by atoms with Crippen LogP contribution in [0, 0.1) is 17.5 Å². The lowest BCUT2D eigenvalue weighted by atomic mass is 10.1. The van der Waals surface area contributed by atoms with E-state index in [0.717, 1.165) is 14.0 Å². The number of anilines is 1. The van der Waals surface area contributed by atoms with Crippen LogP contribution < -0.4 is 5.32 Å². The van der Waals surface area contributed by atoms with Gasteiger partial charge < -0.3 is 15.2 Å². The minimum Gasteiger partial charge on any atom is -0.467 e. The summed E-state index contributed by atoms with van der Waals surface area (Å²) in [6, 6.07) is 0.961. The first-order valence-corrected chi connectivity index (χ1v) is 4.97. The van der Waals surface area contributed by atoms with Crippen LogP contribution in [0.2, 0.25) is 0 Å². The van der Waals surface area contributed by atoms with Crippen molar-refractivity contribution in [3.63, 3.8) is 0 Å². The highest BCUT2D eigenvalue weighted by Crippen LogP contribution is 2.19. The van der Waals surface area contributed by atoms with Crippen LogP contribution in [0.15, 0.2) is 12.1 Å². The minimum absolute atomic E-state index is 0.363. The Bertz CT molecular complexity index is 463. The van der Waals surface area contributed by atoms with Crippen molar-refractivity contribution in [1.82, 2.24) is 0 Å². The van der Waals surface area contributed by atoms with Crippen molar-refractivity contribution in [2.75, 3.05) is 19.0 Å². The van der Waals surface area contributed by atoms with Crippen LogP contribution in [-0.2, 0) is 9.53 Å². The second-order valence-corrected chi connectivity index (χ2v) is 3.87. The van der Waals surface area contributed by atoms with E-state index >= 15 is 0 Å². The quantitative estimate of drug-likeness (QED) is 0.637. The number of hydrogen-bond donors (Lipinski definition) is 2. The SMILES string of the molecule is COC(=O)C(C)(O)CNc1cc(F)c(F)cc1F. The third kappa shape index (κ3) is 3.13. The monoisotopic (exact) mass is 263 g/mol. The van der Waals surface area contributed by atoms with Crippen molar-refractivity contribution in [3.8, 4) is 0 Å². The Labute approximate surface area is 101 Å². The molecule has 1 aromatic rings. The molecule has 0 amide bonds. The molecule has 1 rings (SSSR count). The fourth-order valence-corrected chi connectivity index (χ4v) is 1.22. The van der Waals surface area contributed by atoms with Gasteiger partial charge in [-0.2, -0.15) is 0 Å². The second-order valence-electron chi connectivity index (χ2n) is 3.87. The summed E-state index contributed by atoms with van der Waals surface area (Å²) in [4.78, 5) is 11.1. The van der Waals surface area contributed by atoms with Crippen molar-refractivity contribution in [3.05, 3.63) is 29.6 Å². The van der Waals surface area contributed by atoms with Gasteiger partial charge in [0.05, 0.1) is 19.3 Å². The van der Waals surface area contributed by atoms with Gasteiger partial charge in [0.1, 0.15) is 5.82 Å². The third-order valence-corrected chi connectivity index (χ3v) is 2.26. The van der Waals surface area contributed by atoms with E-state index in [-0.39, 0.29) is 5.69 Å². The Morgan fingerprint density at radius 3 is 2.44 bits per heavy atom. The first kappa shape index (κ1) is 14.3. The lowest BCUT2D eigenvalue weighted by Gasteiger charge is -2.21. The molecule has 0 aliphatic rings. The molecular formula is C11H12F3NO3. The molecule has 1 unspecified atom stereocenters. The van der Waals surface area contributed by atoms with Crippen molar-refractivity contribution >= 4 is 11.7 Å². The van der Waals surface area contributed by atoms with Gasteiger partial charge in [0, 0.05) is 12.1 Å². The highest BCUT2D eigenvalue weighted by molar-refractivity contribution is 5.79. The highest BCUT2D eigenvalue weighted by Gasteiger charge is 2.31. The number of carbonyl (C=O) groups is 1. The minimum atomic E-state index is -1.91. The second kappa shape index (κ2) is 5.26. The van der Waals surface area contributed by atoms with Crippen LogP contribution in [0.5, 0.6) is 0 Å². The van der Waals surface area contributed by atoms with E-state index < -0.39 is 35.6 Å². The number of hydrogen-bond acceptors (Lipinski definition) is 4. The van der Waals surface area contributed by atoms with Gasteiger partial charge >= 0.3 is 5.97 Å². The average Bonchev–Trinajstić information content (AvgIpc) is 2.31. The summed E-state index contributed by atoms with van der Waals surface area (Å²) in [5.41, 5.74) is -2.27. The van der Waals surface area contributed by atoms with Gasteiger partial charge in [-0.3, -0.25) is 0 Å². The average molecular weight is 263 g/mol. The molecule has 4 nitrogen and oxygen atoms in total. The Morgan fingerprint density at radius 2 is 1.89 bits per heavy atom. The number of methoxy groups -OCH3 is 1. The highest BCUT2D eigenvalue weighted by atomic mass is 19.2. The van der Waals surface area contributed by atoms with E-state index in [9.17, 15) is 23.1 Å². The zero-order valence-corrected chi connectivity index (χ0v) is 9.76. The van der Waals surface area contributed by atoms with Crippen LogP contribution in [-0.4, -0.2) is 30.3 Å². The molecular weight excluding hydrogens is 251 g/mol. The molecule has 7 heteroatoms. The number of benzene rings is 1. The van der Waals surface area contributed by atoms with Crippen molar-refractivity contribution in [2.45, 2.75) is 12.5 Å². The van der Waals surface area contributed by atoms with Crippen molar-refractivity contribution in [2.24, 2.45) is 0 Å². The van der Waals surface area contributed by atoms with Gasteiger partial charge in [-0.1, -0.05) is 0 Å². The molecule has 2 N–H and O–H groups in total. The molecule has 0 aromatic heterocycles. The standard InChI is InChI=1S/C11H12F3NO3/c1-11(17,10(16)18-2)5-15-9-4-7(13)6(12)3-8(9)14/h3-4,15,17H,5H2,1-2H3. The lowest BCUT2D eigenvalue weighted by Crippen LogP contribution is -2.43. The Kier molecular flexibility index (Phi) is 4.18. The van der Waals surface area contributed by atoms with Crippen LogP contribution in [0.4, 0.5) is 18.9 Å². The summed E-state index contributed by atoms with van der Waals surface area (Å²) in [6.07, 6.45) is 0. The van der Waals surface area contributed by atoms with Gasteiger partial charge in [-0.15, -0.1) is 0 Å². The number of esters is 1. The maximum Gasteiger partial charge on any atom is 0.339 e. The van der Waals surface area contributed by atoms with E-state index in [2.05, 4.69) is 10.1 Å². The summed E-state index contributed by atoms with van der Waals surface area (Å²) in [5, 5.41) is 11.9. The van der Waals surface area contributed by atoms with Crippen LogP contribution in [0.1, 0.15) is 6.92 Å². The molecule has 0 fully saturated rings. The number of rotatable bonds is 4. The number of ether oxygens (including phenoxy) is 1. The predicted octanol–water partition coefficient (Wildman–Crippen LogP) is 1.44. The summed E-state index contributed by atoms with van der Waals surface area (Å²) in [6.45, 7) is 0.727. The van der Waals surface area contributed by atoms with Crippen LogP contribution in [0.3, 0.4) is 0 Å². The van der Waals surface area contributed by atoms with Crippen molar-refractivity contribution < 1.29 is 27.8 Å². The molecule has 100 valence electrons. The molecule has 0 heterocycles. The number of aliphatic hydroxyl groups is 1. The van der Waals surface area contributed by atoms with Gasteiger partial charge in [0.2, 0.25) is 0 Å². The first-order chi connectivity index (χ1) is 8.27. The smallest absolute Gasteiger partial charge is 0.339 e. The Hall–Kier alpha value is -1.76. The third-order valence-electron chi connectivity index (χ3n) is 2.26. The zero-order valence-electron chi connectivity index (χ0n) is 9.76. The molecule has 0 bridgehead atoms. The van der Waals surface area contributed by atoms with Gasteiger partial charge in [0.15, 0.2) is 17.2 Å². The Morgan fingerprint density at radius 1 is 1.33 bits per heavy atom. The molecule has 0 aliphatic carbocycles. The molecule has 1 aromatic carbocycles. The van der Waals surface area contributed by atoms with Crippen LogP contribution in [0.25, 0.3) is 0 Å². The fraction of sp³-hybridized carbons (Fsp3) is 0.364. The van der Waals surface area contributed by atoms with Gasteiger partial charge in [-0.25, -0.2) is 18.0 Å². The summed E-state index contributed by atoms with van der Waals surface area (Å²) < 4.78 is 43.1. The maximum absolute atomic E-state index is 13.2. The van der Waals surface area contributed by atoms with E-state index in [4.69, 9.17) is 0 Å². The molecule has 1 atom stereocenters. The largest absolute Gasteiger partial charge is 0.467 e. The molecule has 0 saturated heterocycles. The van der Waals surface area contributed by atoms with E-state index in [0.29, 0.717) is 12.1 Å². The van der Waals surface area contributed by atoms with E-state index in [1.165, 1.54) is 0 Å². The molecule has 18 heavy (non-hydrogen) atoms. The predicted molar refractivity (Wildman–Crippen MR) is 57.4 cm³/mol. The topological polar surface area (TPSA) is 58.6 Å². The molecule has 0 spiro atoms. The van der Waals surface area contributed by atoms with Gasteiger partial charge in [-0.05, 0) is 6.92 Å². The van der Waals surface area contributed by atoms with Crippen molar-refractivity contribution in [1.29, 1.82) is 0 Å². The maximum atomic E-state index is 13.2. The van der Waals surface area contributed by atoms with E-state index in [1.54, 1.807) is 0 Å². The first-order valence-electron chi connectivity index (χ1n) is 4.97. The summed E-state index contributed by atoms with van der Waals surface area (Å²) in [7, 11) is 1.08. The lowest BCUT2D eigenvalue weighted by molar-refractivity contribution is -0.158. The molecule has 0 saturated carbocycles. The summed E-state index contributed by atoms with van der Waals surface area (Å²) in [5.74, 6) is -4.53. The van der Waals surface area contributed by atoms with E-state index in [1.807, 2.05) is 0 Å². The normalized spacial score (nSPS) is 13.9. The summed E-state index contributed by atoms with van der Waals surface area (Å²) >= 11 is 0.